The van der Waals surface area contributed by atoms with Crippen molar-refractivity contribution in [2.24, 2.45) is 17.8 Å². The highest BCUT2D eigenvalue weighted by Crippen LogP contribution is 2.51. The SMILES string of the molecule is CCCCCCCC[C@H]1CC[C@@H](C2CCC(c3ccc(Oc4cccc(N)c4)cc3)(c3ccc(Oc4cccc(N)c4)cc3)CC2)CC1. The molecule has 0 atom stereocenters. The Morgan fingerprint density at radius 2 is 1.02 bits per heavy atom. The van der Waals surface area contributed by atoms with Crippen LogP contribution in [0.15, 0.2) is 97.1 Å². The van der Waals surface area contributed by atoms with Gasteiger partial charge in [-0.1, -0.05) is 101 Å². The van der Waals surface area contributed by atoms with E-state index in [1.165, 1.54) is 107 Å². The highest BCUT2D eigenvalue weighted by atomic mass is 16.5. The second kappa shape index (κ2) is 16.5. The van der Waals surface area contributed by atoms with Gasteiger partial charge in [-0.25, -0.2) is 0 Å². The molecule has 0 aliphatic heterocycles. The summed E-state index contributed by atoms with van der Waals surface area (Å²) in [6.07, 6.45) is 20.6. The van der Waals surface area contributed by atoms with Gasteiger partial charge in [-0.2, -0.15) is 0 Å². The molecule has 0 heterocycles. The molecule has 0 bridgehead atoms. The van der Waals surface area contributed by atoms with Crippen LogP contribution in [0.25, 0.3) is 0 Å². The van der Waals surface area contributed by atoms with E-state index in [4.69, 9.17) is 20.9 Å². The summed E-state index contributed by atoms with van der Waals surface area (Å²) in [5, 5.41) is 0. The molecule has 0 amide bonds. The average Bonchev–Trinajstić information content (AvgIpc) is 3.11. The maximum Gasteiger partial charge on any atom is 0.129 e. The first-order chi connectivity index (χ1) is 23.5. The Morgan fingerprint density at radius 3 is 1.52 bits per heavy atom. The first-order valence-electron chi connectivity index (χ1n) is 18.8. The molecule has 2 saturated carbocycles. The summed E-state index contributed by atoms with van der Waals surface area (Å²) < 4.78 is 12.3. The van der Waals surface area contributed by atoms with Crippen molar-refractivity contribution in [2.75, 3.05) is 11.5 Å². The zero-order valence-corrected chi connectivity index (χ0v) is 29.0. The number of rotatable bonds is 14. The predicted molar refractivity (Wildman–Crippen MR) is 201 cm³/mol. The molecule has 2 aliphatic rings. The number of unbranched alkanes of at least 4 members (excludes halogenated alkanes) is 5. The third kappa shape index (κ3) is 8.75. The smallest absolute Gasteiger partial charge is 0.129 e. The predicted octanol–water partition coefficient (Wildman–Crippen LogP) is 12.5. The lowest BCUT2D eigenvalue weighted by molar-refractivity contribution is 0.140. The quantitative estimate of drug-likeness (QED) is 0.106. The third-order valence-electron chi connectivity index (χ3n) is 11.4. The largest absolute Gasteiger partial charge is 0.457 e. The van der Waals surface area contributed by atoms with Crippen LogP contribution < -0.4 is 20.9 Å². The van der Waals surface area contributed by atoms with Gasteiger partial charge in [0.2, 0.25) is 0 Å². The summed E-state index contributed by atoms with van der Waals surface area (Å²) in [4.78, 5) is 0. The van der Waals surface area contributed by atoms with Crippen LogP contribution >= 0.6 is 0 Å². The molecule has 6 rings (SSSR count). The van der Waals surface area contributed by atoms with Crippen molar-refractivity contribution in [1.29, 1.82) is 0 Å². The van der Waals surface area contributed by atoms with E-state index < -0.39 is 0 Å². The molecule has 0 unspecified atom stereocenters. The molecule has 0 radical (unpaired) electrons. The molecule has 4 heteroatoms. The van der Waals surface area contributed by atoms with Gasteiger partial charge in [0.1, 0.15) is 23.0 Å². The van der Waals surface area contributed by atoms with Crippen molar-refractivity contribution >= 4 is 11.4 Å². The molecule has 4 nitrogen and oxygen atoms in total. The zero-order valence-electron chi connectivity index (χ0n) is 29.0. The minimum Gasteiger partial charge on any atom is -0.457 e. The fraction of sp³-hybridized carbons (Fsp3) is 0.455. The molecule has 4 N–H and O–H groups in total. The third-order valence-corrected chi connectivity index (χ3v) is 11.4. The number of ether oxygens (including phenoxy) is 2. The van der Waals surface area contributed by atoms with E-state index >= 15 is 0 Å². The Morgan fingerprint density at radius 1 is 0.542 bits per heavy atom. The second-order valence-electron chi connectivity index (χ2n) is 14.7. The number of hydrogen-bond acceptors (Lipinski definition) is 4. The van der Waals surface area contributed by atoms with Gasteiger partial charge in [0, 0.05) is 28.9 Å². The van der Waals surface area contributed by atoms with Gasteiger partial charge in [-0.15, -0.1) is 0 Å². The van der Waals surface area contributed by atoms with Gasteiger partial charge < -0.3 is 20.9 Å². The van der Waals surface area contributed by atoms with E-state index in [0.29, 0.717) is 11.4 Å². The van der Waals surface area contributed by atoms with Gasteiger partial charge in [-0.05, 0) is 116 Å². The topological polar surface area (TPSA) is 70.5 Å². The zero-order chi connectivity index (χ0) is 33.2. The van der Waals surface area contributed by atoms with Crippen LogP contribution in [0.5, 0.6) is 23.0 Å². The van der Waals surface area contributed by atoms with Crippen molar-refractivity contribution in [2.45, 2.75) is 109 Å². The van der Waals surface area contributed by atoms with Crippen LogP contribution in [0, 0.1) is 17.8 Å². The minimum atomic E-state index is -0.0309. The average molecular weight is 645 g/mol. The maximum atomic E-state index is 6.17. The number of benzene rings is 4. The molecular weight excluding hydrogens is 588 g/mol. The van der Waals surface area contributed by atoms with Crippen molar-refractivity contribution in [3.63, 3.8) is 0 Å². The molecule has 2 fully saturated rings. The van der Waals surface area contributed by atoms with E-state index in [0.717, 1.165) is 40.8 Å². The summed E-state index contributed by atoms with van der Waals surface area (Å²) in [6, 6.07) is 32.9. The van der Waals surface area contributed by atoms with E-state index in [9.17, 15) is 0 Å². The van der Waals surface area contributed by atoms with Gasteiger partial charge >= 0.3 is 0 Å². The van der Waals surface area contributed by atoms with E-state index in [1.807, 2.05) is 48.5 Å². The molecule has 0 saturated heterocycles. The van der Waals surface area contributed by atoms with Gasteiger partial charge in [0.15, 0.2) is 0 Å². The van der Waals surface area contributed by atoms with E-state index in [1.54, 1.807) is 0 Å². The lowest BCUT2D eigenvalue weighted by atomic mass is 9.60. The van der Waals surface area contributed by atoms with Crippen molar-refractivity contribution in [3.8, 4) is 23.0 Å². The monoisotopic (exact) mass is 644 g/mol. The van der Waals surface area contributed by atoms with Gasteiger partial charge in [0.25, 0.3) is 0 Å². The molecular formula is C44H56N2O2. The molecule has 0 spiro atoms. The molecule has 0 aromatic heterocycles. The van der Waals surface area contributed by atoms with E-state index in [2.05, 4.69) is 55.5 Å². The number of hydrogen-bond donors (Lipinski definition) is 2. The normalized spacial score (nSPS) is 19.5. The Bertz CT molecular complexity index is 1450. The maximum absolute atomic E-state index is 6.17. The van der Waals surface area contributed by atoms with Crippen molar-refractivity contribution < 1.29 is 9.47 Å². The van der Waals surface area contributed by atoms with Crippen LogP contribution in [0.4, 0.5) is 11.4 Å². The summed E-state index contributed by atoms with van der Waals surface area (Å²) in [6.45, 7) is 2.30. The first kappa shape index (κ1) is 34.0. The number of nitrogen functional groups attached to an aromatic ring is 2. The summed E-state index contributed by atoms with van der Waals surface area (Å²) in [5.74, 6) is 5.88. The minimum absolute atomic E-state index is 0.0309. The van der Waals surface area contributed by atoms with Gasteiger partial charge in [-0.3, -0.25) is 0 Å². The van der Waals surface area contributed by atoms with Crippen LogP contribution in [0.2, 0.25) is 0 Å². The first-order valence-corrected chi connectivity index (χ1v) is 18.8. The molecule has 2 aliphatic carbocycles. The number of nitrogens with two attached hydrogens (primary N) is 2. The second-order valence-corrected chi connectivity index (χ2v) is 14.7. The van der Waals surface area contributed by atoms with E-state index in [-0.39, 0.29) is 5.41 Å². The van der Waals surface area contributed by atoms with Crippen LogP contribution in [0.1, 0.15) is 114 Å². The molecule has 4 aromatic rings. The highest BCUT2D eigenvalue weighted by Gasteiger charge is 2.41. The molecule has 48 heavy (non-hydrogen) atoms. The number of anilines is 2. The summed E-state index contributed by atoms with van der Waals surface area (Å²) in [7, 11) is 0. The van der Waals surface area contributed by atoms with Gasteiger partial charge in [0.05, 0.1) is 0 Å². The standard InChI is InChI=1S/C44H56N2O2/c1-2-3-4-5-6-7-10-33-15-17-34(18-16-33)35-27-29-44(30-28-35,36-19-23-40(24-20-36)47-42-13-8-11-38(45)31-42)37-21-25-41(26-22-37)48-43-14-9-12-39(46)32-43/h8-9,11-14,19-26,31-35H,2-7,10,15-18,27-30,45-46H2,1H3/t33-,34+. The Labute approximate surface area is 289 Å². The summed E-state index contributed by atoms with van der Waals surface area (Å²) >= 11 is 0. The Hall–Kier alpha value is -3.92. The molecule has 4 aromatic carbocycles. The van der Waals surface area contributed by atoms with Crippen LogP contribution in [-0.4, -0.2) is 0 Å². The highest BCUT2D eigenvalue weighted by molar-refractivity contribution is 5.48. The van der Waals surface area contributed by atoms with Crippen LogP contribution in [-0.2, 0) is 5.41 Å². The fourth-order valence-corrected chi connectivity index (χ4v) is 8.62. The fourth-order valence-electron chi connectivity index (χ4n) is 8.62. The Kier molecular flexibility index (Phi) is 11.6. The summed E-state index contributed by atoms with van der Waals surface area (Å²) in [5.41, 5.74) is 16.1. The van der Waals surface area contributed by atoms with Crippen LogP contribution in [0.3, 0.4) is 0 Å². The molecule has 254 valence electrons. The lowest BCUT2D eigenvalue weighted by Gasteiger charge is -2.44. The lowest BCUT2D eigenvalue weighted by Crippen LogP contribution is -2.35. The Balaban J connectivity index is 1.13. The van der Waals surface area contributed by atoms with Crippen molar-refractivity contribution in [3.05, 3.63) is 108 Å². The van der Waals surface area contributed by atoms with Crippen molar-refractivity contribution in [1.82, 2.24) is 0 Å².